The van der Waals surface area contributed by atoms with E-state index in [9.17, 15) is 4.79 Å². The van der Waals surface area contributed by atoms with E-state index in [1.807, 2.05) is 13.0 Å². The molecule has 0 saturated heterocycles. The molecule has 4 heteroatoms. The third-order valence-electron chi connectivity index (χ3n) is 6.87. The second kappa shape index (κ2) is 5.98. The molecule has 0 aliphatic heterocycles. The summed E-state index contributed by atoms with van der Waals surface area (Å²) in [5.74, 6) is 2.61. The second-order valence-electron chi connectivity index (χ2n) is 8.83. The van der Waals surface area contributed by atoms with E-state index in [-0.39, 0.29) is 11.3 Å². The zero-order valence-electron chi connectivity index (χ0n) is 15.6. The summed E-state index contributed by atoms with van der Waals surface area (Å²) in [6.45, 7) is 4.09. The highest BCUT2D eigenvalue weighted by atomic mass is 32.2. The summed E-state index contributed by atoms with van der Waals surface area (Å²) < 4.78 is 1.76. The van der Waals surface area contributed by atoms with Crippen molar-refractivity contribution < 1.29 is 4.79 Å². The van der Waals surface area contributed by atoms with Gasteiger partial charge >= 0.3 is 0 Å². The highest BCUT2D eigenvalue weighted by molar-refractivity contribution is 7.99. The Hall–Kier alpha value is -1.55. The van der Waals surface area contributed by atoms with E-state index in [2.05, 4.69) is 31.2 Å². The standard InChI is InChI=1S/C22H26N2OS/c1-14-20(26-19-6-4-3-5-7-19)15(2)24(23-14)21(25)22-11-16-8-17(12-22)10-18(9-16)13-22/h3-7,16-18H,8-13H2,1-2H3. The van der Waals surface area contributed by atoms with Crippen molar-refractivity contribution in [1.82, 2.24) is 9.78 Å². The van der Waals surface area contributed by atoms with Crippen LogP contribution in [0.3, 0.4) is 0 Å². The summed E-state index contributed by atoms with van der Waals surface area (Å²) in [5, 5.41) is 4.71. The molecule has 0 spiro atoms. The van der Waals surface area contributed by atoms with Gasteiger partial charge in [-0.2, -0.15) is 5.10 Å². The predicted octanol–water partition coefficient (Wildman–Crippen LogP) is 5.51. The Balaban J connectivity index is 1.47. The van der Waals surface area contributed by atoms with Crippen LogP contribution < -0.4 is 0 Å². The van der Waals surface area contributed by atoms with Gasteiger partial charge in [0.25, 0.3) is 5.91 Å². The topological polar surface area (TPSA) is 34.9 Å². The van der Waals surface area contributed by atoms with E-state index in [0.29, 0.717) is 0 Å². The Bertz CT molecular complexity index is 819. The number of benzene rings is 1. The van der Waals surface area contributed by atoms with Crippen molar-refractivity contribution >= 4 is 17.7 Å². The summed E-state index contributed by atoms with van der Waals surface area (Å²) in [4.78, 5) is 16.0. The van der Waals surface area contributed by atoms with Gasteiger partial charge in [0, 0.05) is 4.90 Å². The number of aryl methyl sites for hydroxylation is 1. The lowest BCUT2D eigenvalue weighted by Gasteiger charge is -2.55. The second-order valence-corrected chi connectivity index (χ2v) is 9.91. The van der Waals surface area contributed by atoms with Gasteiger partial charge in [0.15, 0.2) is 0 Å². The predicted molar refractivity (Wildman–Crippen MR) is 103 cm³/mol. The highest BCUT2D eigenvalue weighted by Gasteiger charge is 2.55. The lowest BCUT2D eigenvalue weighted by molar-refractivity contribution is -0.0410. The largest absolute Gasteiger partial charge is 0.272 e. The molecule has 1 heterocycles. The molecule has 0 atom stereocenters. The number of hydrogen-bond donors (Lipinski definition) is 0. The molecular weight excluding hydrogens is 340 g/mol. The summed E-state index contributed by atoms with van der Waals surface area (Å²) >= 11 is 1.72. The van der Waals surface area contributed by atoms with Crippen LogP contribution in [0.4, 0.5) is 0 Å². The molecule has 0 amide bonds. The summed E-state index contributed by atoms with van der Waals surface area (Å²) in [6.07, 6.45) is 7.36. The van der Waals surface area contributed by atoms with Crippen molar-refractivity contribution in [2.75, 3.05) is 0 Å². The number of hydrogen-bond acceptors (Lipinski definition) is 3. The third-order valence-corrected chi connectivity index (χ3v) is 8.18. The number of carbonyl (C=O) groups is 1. The zero-order valence-corrected chi connectivity index (χ0v) is 16.4. The van der Waals surface area contributed by atoms with Crippen LogP contribution in [0.5, 0.6) is 0 Å². The van der Waals surface area contributed by atoms with Gasteiger partial charge in [0.2, 0.25) is 0 Å². The minimum absolute atomic E-state index is 0.132. The Morgan fingerprint density at radius 1 is 1.04 bits per heavy atom. The van der Waals surface area contributed by atoms with Crippen LogP contribution in [0.2, 0.25) is 0 Å². The number of rotatable bonds is 3. The molecule has 1 aromatic carbocycles. The maximum absolute atomic E-state index is 13.6. The molecule has 0 unspecified atom stereocenters. The van der Waals surface area contributed by atoms with Crippen LogP contribution in [0.15, 0.2) is 40.1 Å². The van der Waals surface area contributed by atoms with Crippen LogP contribution in [0.25, 0.3) is 0 Å². The number of carbonyl (C=O) groups excluding carboxylic acids is 1. The Morgan fingerprint density at radius 2 is 1.62 bits per heavy atom. The van der Waals surface area contributed by atoms with Gasteiger partial charge in [-0.3, -0.25) is 4.79 Å². The maximum atomic E-state index is 13.6. The molecular formula is C22H26N2OS. The molecule has 6 rings (SSSR count). The molecule has 4 aliphatic rings. The van der Waals surface area contributed by atoms with Crippen molar-refractivity contribution in [1.29, 1.82) is 0 Å². The molecule has 4 aliphatic carbocycles. The summed E-state index contributed by atoms with van der Waals surface area (Å²) in [6, 6.07) is 10.4. The average molecular weight is 367 g/mol. The van der Waals surface area contributed by atoms with Gasteiger partial charge in [0.05, 0.1) is 21.7 Å². The first-order chi connectivity index (χ1) is 12.5. The molecule has 1 aromatic heterocycles. The lowest BCUT2D eigenvalue weighted by atomic mass is 9.49. The van der Waals surface area contributed by atoms with Crippen LogP contribution in [0, 0.1) is 37.0 Å². The Kier molecular flexibility index (Phi) is 3.82. The first-order valence-electron chi connectivity index (χ1n) is 9.88. The van der Waals surface area contributed by atoms with Crippen LogP contribution >= 0.6 is 11.8 Å². The molecule has 0 radical (unpaired) electrons. The molecule has 2 aromatic rings. The van der Waals surface area contributed by atoms with Crippen molar-refractivity contribution in [3.05, 3.63) is 41.7 Å². The van der Waals surface area contributed by atoms with Gasteiger partial charge in [-0.15, -0.1) is 0 Å². The maximum Gasteiger partial charge on any atom is 0.253 e. The molecule has 4 saturated carbocycles. The molecule has 4 bridgehead atoms. The SMILES string of the molecule is Cc1nn(C(=O)C23CC4CC(CC(C4)C2)C3)c(C)c1Sc1ccccc1. The van der Waals surface area contributed by atoms with Gasteiger partial charge in [-0.25, -0.2) is 4.68 Å². The summed E-state index contributed by atoms with van der Waals surface area (Å²) in [5.41, 5.74) is 1.85. The van der Waals surface area contributed by atoms with E-state index >= 15 is 0 Å². The van der Waals surface area contributed by atoms with Crippen LogP contribution in [0.1, 0.15) is 54.7 Å². The van der Waals surface area contributed by atoms with Crippen molar-refractivity contribution in [3.63, 3.8) is 0 Å². The van der Waals surface area contributed by atoms with E-state index < -0.39 is 0 Å². The molecule has 136 valence electrons. The first kappa shape index (κ1) is 16.6. The van der Waals surface area contributed by atoms with Crippen molar-refractivity contribution in [2.24, 2.45) is 23.2 Å². The fourth-order valence-electron chi connectivity index (χ4n) is 6.18. The van der Waals surface area contributed by atoms with Gasteiger partial charge in [-0.05, 0) is 82.3 Å². The zero-order chi connectivity index (χ0) is 17.9. The first-order valence-corrected chi connectivity index (χ1v) is 10.7. The van der Waals surface area contributed by atoms with Gasteiger partial charge < -0.3 is 0 Å². The smallest absolute Gasteiger partial charge is 0.253 e. The molecule has 4 fully saturated rings. The minimum atomic E-state index is -0.132. The van der Waals surface area contributed by atoms with E-state index in [4.69, 9.17) is 5.10 Å². The van der Waals surface area contributed by atoms with Crippen LogP contribution in [-0.2, 0) is 0 Å². The minimum Gasteiger partial charge on any atom is -0.272 e. The van der Waals surface area contributed by atoms with Crippen molar-refractivity contribution in [2.45, 2.75) is 62.2 Å². The monoisotopic (exact) mass is 366 g/mol. The fourth-order valence-corrected chi connectivity index (χ4v) is 7.13. The molecule has 0 N–H and O–H groups in total. The normalized spacial score (nSPS) is 32.2. The molecule has 3 nitrogen and oxygen atoms in total. The Morgan fingerprint density at radius 3 is 2.19 bits per heavy atom. The Labute approximate surface area is 159 Å². The summed E-state index contributed by atoms with van der Waals surface area (Å²) in [7, 11) is 0. The number of aromatic nitrogens is 2. The number of nitrogens with zero attached hydrogens (tertiary/aromatic N) is 2. The lowest BCUT2D eigenvalue weighted by Crippen LogP contribution is -2.51. The third kappa shape index (κ3) is 2.57. The van der Waals surface area contributed by atoms with Crippen molar-refractivity contribution in [3.8, 4) is 0 Å². The molecule has 26 heavy (non-hydrogen) atoms. The fraction of sp³-hybridized carbons (Fsp3) is 0.545. The highest BCUT2D eigenvalue weighted by Crippen LogP contribution is 2.60. The van der Waals surface area contributed by atoms with Gasteiger partial charge in [0.1, 0.15) is 0 Å². The van der Waals surface area contributed by atoms with Gasteiger partial charge in [-0.1, -0.05) is 30.0 Å². The van der Waals surface area contributed by atoms with E-state index in [1.54, 1.807) is 16.4 Å². The van der Waals surface area contributed by atoms with E-state index in [1.165, 1.54) is 24.2 Å². The average Bonchev–Trinajstić information content (AvgIpc) is 2.89. The van der Waals surface area contributed by atoms with E-state index in [0.717, 1.165) is 53.3 Å². The van der Waals surface area contributed by atoms with Crippen LogP contribution in [-0.4, -0.2) is 15.7 Å². The quantitative estimate of drug-likeness (QED) is 0.718.